The van der Waals surface area contributed by atoms with Crippen LogP contribution in [0.25, 0.3) is 0 Å². The zero-order valence-corrected chi connectivity index (χ0v) is 20.6. The molecule has 8 heteroatoms. The molecule has 1 saturated heterocycles. The number of amides is 1. The number of aliphatic imine (C=N–C) groups is 1. The second-order valence-corrected chi connectivity index (χ2v) is 8.50. The first kappa shape index (κ1) is 25.0. The molecule has 0 spiro atoms. The van der Waals surface area contributed by atoms with E-state index in [2.05, 4.69) is 41.0 Å². The van der Waals surface area contributed by atoms with Gasteiger partial charge < -0.3 is 15.1 Å². The van der Waals surface area contributed by atoms with Crippen LogP contribution in [0.4, 0.5) is 0 Å². The molecule has 158 valence electrons. The number of hydrogen-bond donors (Lipinski definition) is 1. The fraction of sp³-hybridized carbons (Fsp3) is 0.650. The van der Waals surface area contributed by atoms with Crippen molar-refractivity contribution in [2.24, 2.45) is 10.9 Å². The Morgan fingerprint density at radius 3 is 2.89 bits per heavy atom. The predicted molar refractivity (Wildman–Crippen MR) is 130 cm³/mol. The molecule has 1 amide bonds. The van der Waals surface area contributed by atoms with Crippen molar-refractivity contribution in [3.63, 3.8) is 0 Å². The van der Waals surface area contributed by atoms with Gasteiger partial charge in [-0.2, -0.15) is 11.8 Å². The molecule has 0 saturated carbocycles. The summed E-state index contributed by atoms with van der Waals surface area (Å²) in [6, 6.07) is 5.86. The van der Waals surface area contributed by atoms with Crippen LogP contribution in [0.2, 0.25) is 0 Å². The van der Waals surface area contributed by atoms with Gasteiger partial charge in [-0.3, -0.25) is 9.78 Å². The molecule has 6 nitrogen and oxygen atoms in total. The summed E-state index contributed by atoms with van der Waals surface area (Å²) in [5, 5.41) is 3.96. The van der Waals surface area contributed by atoms with Gasteiger partial charge >= 0.3 is 0 Å². The maximum absolute atomic E-state index is 12.5. The zero-order chi connectivity index (χ0) is 19.6. The molecule has 1 aliphatic heterocycles. The van der Waals surface area contributed by atoms with Crippen LogP contribution >= 0.6 is 35.7 Å². The number of halogens is 1. The van der Waals surface area contributed by atoms with E-state index < -0.39 is 0 Å². The Kier molecular flexibility index (Phi) is 11.8. The average Bonchev–Trinajstić information content (AvgIpc) is 2.69. The summed E-state index contributed by atoms with van der Waals surface area (Å²) in [7, 11) is 1.83. The topological polar surface area (TPSA) is 60.8 Å². The van der Waals surface area contributed by atoms with Crippen molar-refractivity contribution in [1.29, 1.82) is 0 Å². The first-order chi connectivity index (χ1) is 13.0. The van der Waals surface area contributed by atoms with Gasteiger partial charge in [0.2, 0.25) is 5.91 Å². The second kappa shape index (κ2) is 13.2. The molecular formula is C20H34IN5OS. The van der Waals surface area contributed by atoms with Gasteiger partial charge in [-0.05, 0) is 25.0 Å². The number of carbonyl (C=O) groups is 1. The van der Waals surface area contributed by atoms with Crippen molar-refractivity contribution in [2.45, 2.75) is 32.4 Å². The van der Waals surface area contributed by atoms with E-state index >= 15 is 0 Å². The third-order valence-electron chi connectivity index (χ3n) is 4.69. The normalized spacial score (nSPS) is 17.2. The zero-order valence-electron chi connectivity index (χ0n) is 17.4. The SMILES string of the molecule is CCNC(=NCC(=O)N(C)CCc1ccccn1)N1CCSC(C(C)C)C1.I. The highest BCUT2D eigenvalue weighted by atomic mass is 127. The molecule has 28 heavy (non-hydrogen) atoms. The summed E-state index contributed by atoms with van der Waals surface area (Å²) in [6.07, 6.45) is 2.54. The lowest BCUT2D eigenvalue weighted by molar-refractivity contribution is -0.128. The van der Waals surface area contributed by atoms with Crippen LogP contribution in [0.5, 0.6) is 0 Å². The molecule has 1 unspecified atom stereocenters. The van der Waals surface area contributed by atoms with Gasteiger partial charge in [0.25, 0.3) is 0 Å². The number of guanidine groups is 1. The lowest BCUT2D eigenvalue weighted by atomic mass is 10.1. The molecule has 1 N–H and O–H groups in total. The van der Waals surface area contributed by atoms with Gasteiger partial charge in [0, 0.05) is 62.5 Å². The minimum atomic E-state index is 0. The molecule has 1 aliphatic rings. The van der Waals surface area contributed by atoms with E-state index in [-0.39, 0.29) is 36.4 Å². The second-order valence-electron chi connectivity index (χ2n) is 7.16. The third-order valence-corrected chi connectivity index (χ3v) is 6.23. The molecule has 0 aromatic carbocycles. The summed E-state index contributed by atoms with van der Waals surface area (Å²) in [5.41, 5.74) is 1.000. The molecule has 1 aromatic heterocycles. The number of pyridine rings is 1. The Morgan fingerprint density at radius 2 is 2.25 bits per heavy atom. The maximum Gasteiger partial charge on any atom is 0.244 e. The fourth-order valence-corrected chi connectivity index (χ4v) is 4.21. The van der Waals surface area contributed by atoms with Crippen molar-refractivity contribution in [3.8, 4) is 0 Å². The molecule has 2 heterocycles. The van der Waals surface area contributed by atoms with Crippen LogP contribution in [-0.2, 0) is 11.2 Å². The van der Waals surface area contributed by atoms with E-state index in [1.54, 1.807) is 11.1 Å². The quantitative estimate of drug-likeness (QED) is 0.341. The van der Waals surface area contributed by atoms with Gasteiger partial charge in [0.15, 0.2) is 5.96 Å². The summed E-state index contributed by atoms with van der Waals surface area (Å²) in [4.78, 5) is 25.4. The van der Waals surface area contributed by atoms with Gasteiger partial charge in [0.05, 0.1) is 0 Å². The van der Waals surface area contributed by atoms with Crippen molar-refractivity contribution >= 4 is 47.6 Å². The average molecular weight is 519 g/mol. The molecule has 1 aromatic rings. The highest BCUT2D eigenvalue weighted by Gasteiger charge is 2.25. The monoisotopic (exact) mass is 519 g/mol. The Hall–Kier alpha value is -1.03. The van der Waals surface area contributed by atoms with Gasteiger partial charge in [0.1, 0.15) is 6.54 Å². The predicted octanol–water partition coefficient (Wildman–Crippen LogP) is 2.74. The summed E-state index contributed by atoms with van der Waals surface area (Å²) in [6.45, 7) is 10.2. The largest absolute Gasteiger partial charge is 0.357 e. The smallest absolute Gasteiger partial charge is 0.244 e. The first-order valence-corrected chi connectivity index (χ1v) is 10.8. The van der Waals surface area contributed by atoms with E-state index in [9.17, 15) is 4.79 Å². The summed E-state index contributed by atoms with van der Waals surface area (Å²) < 4.78 is 0. The van der Waals surface area contributed by atoms with E-state index in [4.69, 9.17) is 0 Å². The number of carbonyl (C=O) groups excluding carboxylic acids is 1. The fourth-order valence-electron chi connectivity index (χ4n) is 2.91. The van der Waals surface area contributed by atoms with Gasteiger partial charge in [-0.25, -0.2) is 4.99 Å². The van der Waals surface area contributed by atoms with Crippen LogP contribution in [0, 0.1) is 5.92 Å². The van der Waals surface area contributed by atoms with Crippen molar-refractivity contribution < 1.29 is 4.79 Å². The minimum Gasteiger partial charge on any atom is -0.357 e. The molecular weight excluding hydrogens is 485 g/mol. The minimum absolute atomic E-state index is 0. The molecule has 0 aliphatic carbocycles. The van der Waals surface area contributed by atoms with Gasteiger partial charge in [-0.15, -0.1) is 24.0 Å². The van der Waals surface area contributed by atoms with Crippen molar-refractivity contribution in [3.05, 3.63) is 30.1 Å². The van der Waals surface area contributed by atoms with E-state index in [0.29, 0.717) is 17.7 Å². The van der Waals surface area contributed by atoms with Crippen LogP contribution in [-0.4, -0.2) is 77.4 Å². The maximum atomic E-state index is 12.5. The molecule has 2 rings (SSSR count). The van der Waals surface area contributed by atoms with E-state index in [0.717, 1.165) is 43.5 Å². The number of rotatable bonds is 7. The Bertz CT molecular complexity index is 614. The lowest BCUT2D eigenvalue weighted by Crippen LogP contribution is -2.49. The van der Waals surface area contributed by atoms with Crippen molar-refractivity contribution in [2.75, 3.05) is 45.5 Å². The van der Waals surface area contributed by atoms with Crippen LogP contribution < -0.4 is 5.32 Å². The molecule has 0 radical (unpaired) electrons. The van der Waals surface area contributed by atoms with Gasteiger partial charge in [-0.1, -0.05) is 19.9 Å². The highest BCUT2D eigenvalue weighted by molar-refractivity contribution is 14.0. The molecule has 1 atom stereocenters. The van der Waals surface area contributed by atoms with Crippen molar-refractivity contribution in [1.82, 2.24) is 20.1 Å². The van der Waals surface area contributed by atoms with E-state index in [1.165, 1.54) is 0 Å². The first-order valence-electron chi connectivity index (χ1n) is 9.80. The number of nitrogens with zero attached hydrogens (tertiary/aromatic N) is 4. The number of hydrogen-bond acceptors (Lipinski definition) is 4. The van der Waals surface area contributed by atoms with Crippen LogP contribution in [0.15, 0.2) is 29.4 Å². The van der Waals surface area contributed by atoms with Crippen LogP contribution in [0.3, 0.4) is 0 Å². The number of aromatic nitrogens is 1. The Balaban J connectivity index is 0.00000392. The molecule has 1 fully saturated rings. The number of nitrogens with one attached hydrogen (secondary N) is 1. The Labute approximate surface area is 191 Å². The summed E-state index contributed by atoms with van der Waals surface area (Å²) in [5.74, 6) is 2.63. The highest BCUT2D eigenvalue weighted by Crippen LogP contribution is 2.24. The lowest BCUT2D eigenvalue weighted by Gasteiger charge is -2.36. The number of thioether (sulfide) groups is 1. The van der Waals surface area contributed by atoms with Crippen LogP contribution in [0.1, 0.15) is 26.5 Å². The summed E-state index contributed by atoms with van der Waals surface area (Å²) >= 11 is 2.04. The standard InChI is InChI=1S/C20H33N5OS.HI/c1-5-21-20(25-12-13-27-18(15-25)16(2)3)23-14-19(26)24(4)11-9-17-8-6-7-10-22-17;/h6-8,10,16,18H,5,9,11-15H2,1-4H3,(H,21,23);1H. The molecule has 0 bridgehead atoms. The number of likely N-dealkylation sites (N-methyl/N-ethyl adjacent to an activating group) is 1. The third kappa shape index (κ3) is 8.14. The van der Waals surface area contributed by atoms with E-state index in [1.807, 2.05) is 37.0 Å². The Morgan fingerprint density at radius 1 is 1.46 bits per heavy atom.